The highest BCUT2D eigenvalue weighted by Gasteiger charge is 2.28. The van der Waals surface area contributed by atoms with Gasteiger partial charge in [0, 0.05) is 13.1 Å². The Morgan fingerprint density at radius 2 is 1.93 bits per heavy atom. The first-order valence-electron chi connectivity index (χ1n) is 8.73. The van der Waals surface area contributed by atoms with Crippen molar-refractivity contribution in [3.63, 3.8) is 0 Å². The molecule has 1 aliphatic heterocycles. The van der Waals surface area contributed by atoms with Crippen LogP contribution in [-0.4, -0.2) is 34.0 Å². The van der Waals surface area contributed by atoms with Gasteiger partial charge < -0.3 is 10.1 Å². The number of nitrogens with zero attached hydrogens (tertiary/aromatic N) is 1. The summed E-state index contributed by atoms with van der Waals surface area (Å²) >= 11 is 0. The first-order chi connectivity index (χ1) is 13.0. The lowest BCUT2D eigenvalue weighted by Crippen LogP contribution is -2.35. The van der Waals surface area contributed by atoms with Crippen LogP contribution in [-0.2, 0) is 21.2 Å². The fraction of sp³-hybridized carbons (Fsp3) is 0.250. The first kappa shape index (κ1) is 19.0. The lowest BCUT2D eigenvalue weighted by Gasteiger charge is -2.30. The molecule has 0 radical (unpaired) electrons. The van der Waals surface area contributed by atoms with Crippen LogP contribution in [0, 0.1) is 0 Å². The van der Waals surface area contributed by atoms with Crippen molar-refractivity contribution in [2.75, 3.05) is 24.0 Å². The highest BCUT2D eigenvalue weighted by Crippen LogP contribution is 2.32. The molecule has 0 spiro atoms. The second kappa shape index (κ2) is 8.26. The molecule has 2 aromatic carbocycles. The molecule has 1 aliphatic rings. The third kappa shape index (κ3) is 4.31. The van der Waals surface area contributed by atoms with E-state index in [-0.39, 0.29) is 17.4 Å². The lowest BCUT2D eigenvalue weighted by molar-refractivity contribution is -0.122. The maximum atomic E-state index is 13.1. The number of ether oxygens (including phenoxy) is 1. The summed E-state index contributed by atoms with van der Waals surface area (Å²) in [5.41, 5.74) is 1.78. The third-order valence-corrected chi connectivity index (χ3v) is 6.12. The number of amides is 1. The van der Waals surface area contributed by atoms with Crippen LogP contribution in [0.4, 0.5) is 5.69 Å². The molecule has 0 bridgehead atoms. The van der Waals surface area contributed by atoms with Crippen molar-refractivity contribution >= 4 is 21.6 Å². The van der Waals surface area contributed by atoms with E-state index >= 15 is 0 Å². The Balaban J connectivity index is 1.73. The number of hydrogen-bond acceptors (Lipinski definition) is 4. The molecule has 1 amide bonds. The molecular weight excluding hydrogens is 364 g/mol. The first-order valence-corrected chi connectivity index (χ1v) is 10.2. The number of anilines is 1. The van der Waals surface area contributed by atoms with Crippen LogP contribution in [0.2, 0.25) is 0 Å². The van der Waals surface area contributed by atoms with Crippen molar-refractivity contribution < 1.29 is 17.9 Å². The molecule has 1 N–H and O–H groups in total. The molecular formula is C20H22N2O4S. The topological polar surface area (TPSA) is 75.7 Å². The quantitative estimate of drug-likeness (QED) is 0.742. The standard InChI is InChI=1S/C20H22N2O4S/c1-2-13-21-20(23)15-26-17-9-11-18(12-10-17)27(24,25)22-14-5-7-16-6-3-4-8-19(16)22/h2-4,6,8-12H,1,5,7,13-15H2,(H,21,23). The van der Waals surface area contributed by atoms with Gasteiger partial charge in [0.2, 0.25) is 0 Å². The van der Waals surface area contributed by atoms with E-state index in [2.05, 4.69) is 11.9 Å². The van der Waals surface area contributed by atoms with E-state index < -0.39 is 10.0 Å². The number of rotatable bonds is 7. The van der Waals surface area contributed by atoms with E-state index in [1.165, 1.54) is 16.4 Å². The zero-order valence-electron chi connectivity index (χ0n) is 14.9. The fourth-order valence-corrected chi connectivity index (χ4v) is 4.51. The van der Waals surface area contributed by atoms with Crippen LogP contribution >= 0.6 is 0 Å². The van der Waals surface area contributed by atoms with Gasteiger partial charge in [0.25, 0.3) is 15.9 Å². The molecule has 0 unspecified atom stereocenters. The number of carbonyl (C=O) groups excluding carboxylic acids is 1. The van der Waals surface area contributed by atoms with Crippen molar-refractivity contribution in [1.29, 1.82) is 0 Å². The fourth-order valence-electron chi connectivity index (χ4n) is 2.97. The Morgan fingerprint density at radius 1 is 1.19 bits per heavy atom. The molecule has 0 aliphatic carbocycles. The van der Waals surface area contributed by atoms with Crippen LogP contribution in [0.25, 0.3) is 0 Å². The molecule has 2 aromatic rings. The molecule has 6 nitrogen and oxygen atoms in total. The molecule has 0 atom stereocenters. The SMILES string of the molecule is C=CCNC(=O)COc1ccc(S(=O)(=O)N2CCCc3ccccc32)cc1. The highest BCUT2D eigenvalue weighted by molar-refractivity contribution is 7.92. The van der Waals surface area contributed by atoms with E-state index in [0.717, 1.165) is 24.1 Å². The van der Waals surface area contributed by atoms with Crippen molar-refractivity contribution in [3.8, 4) is 5.75 Å². The number of aryl methyl sites for hydroxylation is 1. The lowest BCUT2D eigenvalue weighted by atomic mass is 10.0. The van der Waals surface area contributed by atoms with Gasteiger partial charge in [0.05, 0.1) is 10.6 Å². The zero-order valence-corrected chi connectivity index (χ0v) is 15.7. The van der Waals surface area contributed by atoms with Gasteiger partial charge in [-0.2, -0.15) is 0 Å². The number of fused-ring (bicyclic) bond motifs is 1. The maximum absolute atomic E-state index is 13.1. The summed E-state index contributed by atoms with van der Waals surface area (Å²) in [4.78, 5) is 11.7. The Labute approximate surface area is 159 Å². The second-order valence-electron chi connectivity index (χ2n) is 6.16. The molecule has 0 saturated heterocycles. The van der Waals surface area contributed by atoms with E-state index in [4.69, 9.17) is 4.74 Å². The highest BCUT2D eigenvalue weighted by atomic mass is 32.2. The van der Waals surface area contributed by atoms with Crippen LogP contribution in [0.3, 0.4) is 0 Å². The number of sulfonamides is 1. The number of carbonyl (C=O) groups is 1. The largest absolute Gasteiger partial charge is 0.484 e. The van der Waals surface area contributed by atoms with Crippen LogP contribution in [0.1, 0.15) is 12.0 Å². The summed E-state index contributed by atoms with van der Waals surface area (Å²) in [7, 11) is -3.65. The van der Waals surface area contributed by atoms with Gasteiger partial charge >= 0.3 is 0 Å². The molecule has 0 fully saturated rings. The summed E-state index contributed by atoms with van der Waals surface area (Å²) in [6.45, 7) is 4.21. The number of nitrogens with one attached hydrogen (secondary N) is 1. The average molecular weight is 386 g/mol. The molecule has 7 heteroatoms. The second-order valence-corrected chi connectivity index (χ2v) is 8.02. The maximum Gasteiger partial charge on any atom is 0.264 e. The summed E-state index contributed by atoms with van der Waals surface area (Å²) in [6.07, 6.45) is 3.25. The Kier molecular flexibility index (Phi) is 5.81. The minimum atomic E-state index is -3.65. The summed E-state index contributed by atoms with van der Waals surface area (Å²) < 4.78 is 33.0. The zero-order chi connectivity index (χ0) is 19.3. The predicted octanol–water partition coefficient (Wildman–Crippen LogP) is 2.51. The van der Waals surface area contributed by atoms with E-state index in [1.54, 1.807) is 18.2 Å². The van der Waals surface area contributed by atoms with Crippen LogP contribution < -0.4 is 14.4 Å². The number of para-hydroxylation sites is 1. The van der Waals surface area contributed by atoms with Crippen molar-refractivity contribution in [2.24, 2.45) is 0 Å². The van der Waals surface area contributed by atoms with Gasteiger partial charge in [-0.1, -0.05) is 24.3 Å². The smallest absolute Gasteiger partial charge is 0.264 e. The van der Waals surface area contributed by atoms with Gasteiger partial charge in [-0.3, -0.25) is 9.10 Å². The molecule has 0 saturated carbocycles. The number of hydrogen-bond donors (Lipinski definition) is 1. The van der Waals surface area contributed by atoms with Crippen molar-refractivity contribution in [1.82, 2.24) is 5.32 Å². The van der Waals surface area contributed by atoms with Crippen LogP contribution in [0.15, 0.2) is 66.1 Å². The number of benzene rings is 2. The van der Waals surface area contributed by atoms with Gasteiger partial charge in [0.15, 0.2) is 6.61 Å². The average Bonchev–Trinajstić information content (AvgIpc) is 2.70. The molecule has 1 heterocycles. The third-order valence-electron chi connectivity index (χ3n) is 4.29. The van der Waals surface area contributed by atoms with Gasteiger partial charge in [-0.15, -0.1) is 6.58 Å². The van der Waals surface area contributed by atoms with E-state index in [0.29, 0.717) is 18.8 Å². The van der Waals surface area contributed by atoms with E-state index in [9.17, 15) is 13.2 Å². The Hall–Kier alpha value is -2.80. The molecule has 142 valence electrons. The molecule has 27 heavy (non-hydrogen) atoms. The van der Waals surface area contributed by atoms with E-state index in [1.807, 2.05) is 24.3 Å². The monoisotopic (exact) mass is 386 g/mol. The summed E-state index contributed by atoms with van der Waals surface area (Å²) in [6, 6.07) is 13.7. The predicted molar refractivity (Wildman–Crippen MR) is 104 cm³/mol. The minimum absolute atomic E-state index is 0.139. The summed E-state index contributed by atoms with van der Waals surface area (Å²) in [5.74, 6) is 0.165. The molecule has 3 rings (SSSR count). The van der Waals surface area contributed by atoms with Crippen molar-refractivity contribution in [2.45, 2.75) is 17.7 Å². The Morgan fingerprint density at radius 3 is 2.67 bits per heavy atom. The Bertz CT molecular complexity index is 923. The summed E-state index contributed by atoms with van der Waals surface area (Å²) in [5, 5.41) is 2.61. The van der Waals surface area contributed by atoms with Gasteiger partial charge in [0.1, 0.15) is 5.75 Å². The van der Waals surface area contributed by atoms with Gasteiger partial charge in [-0.25, -0.2) is 8.42 Å². The minimum Gasteiger partial charge on any atom is -0.484 e. The van der Waals surface area contributed by atoms with Gasteiger partial charge in [-0.05, 0) is 48.7 Å². The van der Waals surface area contributed by atoms with Crippen molar-refractivity contribution in [3.05, 3.63) is 66.7 Å². The van der Waals surface area contributed by atoms with Crippen LogP contribution in [0.5, 0.6) is 5.75 Å². The molecule has 0 aromatic heterocycles. The normalized spacial score (nSPS) is 13.6.